The van der Waals surface area contributed by atoms with Crippen molar-refractivity contribution < 1.29 is 10.2 Å². The van der Waals surface area contributed by atoms with Gasteiger partial charge in [0.2, 0.25) is 0 Å². The molecule has 0 saturated heterocycles. The fraction of sp³-hybridized carbons (Fsp3) is 0.263. The van der Waals surface area contributed by atoms with Gasteiger partial charge in [-0.3, -0.25) is 9.67 Å². The number of phenols is 2. The molecule has 0 aliphatic heterocycles. The van der Waals surface area contributed by atoms with Crippen molar-refractivity contribution in [1.82, 2.24) is 14.8 Å². The van der Waals surface area contributed by atoms with Crippen molar-refractivity contribution in [2.45, 2.75) is 19.8 Å². The lowest BCUT2D eigenvalue weighted by atomic mass is 9.98. The molecule has 0 aliphatic rings. The van der Waals surface area contributed by atoms with E-state index in [2.05, 4.69) is 10.2 Å². The van der Waals surface area contributed by atoms with Crippen molar-refractivity contribution in [2.24, 2.45) is 0 Å². The van der Waals surface area contributed by atoms with E-state index in [9.17, 15) is 10.2 Å². The molecule has 2 aromatic carbocycles. The van der Waals surface area contributed by atoms with Crippen molar-refractivity contribution in [3.63, 3.8) is 0 Å². The molecule has 3 rings (SSSR count). The van der Waals surface area contributed by atoms with Crippen molar-refractivity contribution in [2.75, 3.05) is 19.0 Å². The van der Waals surface area contributed by atoms with Crippen LogP contribution in [0.25, 0.3) is 17.1 Å². The fourth-order valence-corrected chi connectivity index (χ4v) is 3.09. The van der Waals surface area contributed by atoms with Crippen LogP contribution in [0.15, 0.2) is 36.4 Å². The van der Waals surface area contributed by atoms with E-state index in [1.54, 1.807) is 10.6 Å². The Morgan fingerprint density at radius 1 is 1.07 bits per heavy atom. The summed E-state index contributed by atoms with van der Waals surface area (Å²) in [5.74, 6) is 0.612. The quantitative estimate of drug-likeness (QED) is 0.551. The molecule has 0 spiro atoms. The van der Waals surface area contributed by atoms with Gasteiger partial charge in [-0.1, -0.05) is 13.8 Å². The van der Waals surface area contributed by atoms with Gasteiger partial charge >= 0.3 is 0 Å². The largest absolute Gasteiger partial charge is 0.508 e. The van der Waals surface area contributed by atoms with Crippen molar-refractivity contribution in [3.8, 4) is 28.6 Å². The second-order valence-corrected chi connectivity index (χ2v) is 7.07. The predicted octanol–water partition coefficient (Wildman–Crippen LogP) is 4.62. The third-order valence-electron chi connectivity index (χ3n) is 4.30. The van der Waals surface area contributed by atoms with Crippen LogP contribution in [0.3, 0.4) is 0 Å². The van der Waals surface area contributed by atoms with E-state index in [0.717, 1.165) is 16.9 Å². The molecule has 6 nitrogen and oxygen atoms in total. The number of phenolic OH excluding ortho intramolecular Hbond substituents is 2. The summed E-state index contributed by atoms with van der Waals surface area (Å²) in [5.41, 5.74) is 3.15. The third-order valence-corrected chi connectivity index (χ3v) is 4.58. The molecule has 3 N–H and O–H groups in total. The highest BCUT2D eigenvalue weighted by atomic mass is 35.5. The molecular formula is C19H23ClN4O2S. The monoisotopic (exact) mass is 406 g/mol. The number of nitrogens with one attached hydrogen (secondary N) is 1. The highest BCUT2D eigenvalue weighted by Crippen LogP contribution is 2.37. The molecule has 27 heavy (non-hydrogen) atoms. The van der Waals surface area contributed by atoms with Crippen LogP contribution in [-0.2, 0) is 0 Å². The average molecular weight is 407 g/mol. The molecule has 0 fully saturated rings. The molecule has 144 valence electrons. The van der Waals surface area contributed by atoms with Crippen molar-refractivity contribution in [1.29, 1.82) is 0 Å². The molecule has 0 bridgehead atoms. The molecule has 0 amide bonds. The molecule has 0 unspecified atom stereocenters. The standard InChI is InChI=1S/C19H22N4O2S.ClH/c1-11(2)14-9-15(17(25)10-16(14)24)18-20-21-19(26)23(18)13-7-5-12(6-8-13)22(3)4;/h5-11,24-25H,1-4H3,(H,21,26);1H. The molecule has 0 atom stereocenters. The van der Waals surface area contributed by atoms with E-state index in [0.29, 0.717) is 16.2 Å². The molecule has 3 aromatic rings. The van der Waals surface area contributed by atoms with Crippen molar-refractivity contribution >= 4 is 30.3 Å². The van der Waals surface area contributed by atoms with Gasteiger partial charge in [-0.25, -0.2) is 0 Å². The number of aromatic nitrogens is 3. The van der Waals surface area contributed by atoms with E-state index < -0.39 is 0 Å². The first-order valence-corrected chi connectivity index (χ1v) is 8.72. The number of anilines is 1. The number of H-pyrrole nitrogens is 1. The van der Waals surface area contributed by atoms with E-state index in [1.165, 1.54) is 6.07 Å². The predicted molar refractivity (Wildman–Crippen MR) is 113 cm³/mol. The van der Waals surface area contributed by atoms with Crippen LogP contribution in [0, 0.1) is 4.77 Å². The molecular weight excluding hydrogens is 384 g/mol. The molecule has 1 heterocycles. The zero-order chi connectivity index (χ0) is 19.0. The molecule has 1 aromatic heterocycles. The first kappa shape index (κ1) is 20.8. The first-order chi connectivity index (χ1) is 12.3. The van der Waals surface area contributed by atoms with Gasteiger partial charge in [0.25, 0.3) is 0 Å². The Morgan fingerprint density at radius 2 is 1.70 bits per heavy atom. The summed E-state index contributed by atoms with van der Waals surface area (Å²) in [5, 5.41) is 27.6. The highest BCUT2D eigenvalue weighted by molar-refractivity contribution is 7.71. The maximum atomic E-state index is 10.4. The number of rotatable bonds is 4. The fourth-order valence-electron chi connectivity index (χ4n) is 2.85. The summed E-state index contributed by atoms with van der Waals surface area (Å²) >= 11 is 5.40. The summed E-state index contributed by atoms with van der Waals surface area (Å²) in [6, 6.07) is 11.0. The van der Waals surface area contributed by atoms with E-state index >= 15 is 0 Å². The Hall–Kier alpha value is -2.51. The molecule has 0 radical (unpaired) electrons. The van der Waals surface area contributed by atoms with Gasteiger partial charge in [0.1, 0.15) is 11.5 Å². The lowest BCUT2D eigenvalue weighted by Gasteiger charge is -2.15. The van der Waals surface area contributed by atoms with E-state index in [-0.39, 0.29) is 29.8 Å². The second-order valence-electron chi connectivity index (χ2n) is 6.68. The van der Waals surface area contributed by atoms with Crippen LogP contribution in [0.1, 0.15) is 25.3 Å². The number of hydrogen-bond donors (Lipinski definition) is 3. The Kier molecular flexibility index (Phi) is 6.18. The summed E-state index contributed by atoms with van der Waals surface area (Å²) in [6.45, 7) is 3.96. The maximum absolute atomic E-state index is 10.4. The average Bonchev–Trinajstić information content (AvgIpc) is 2.96. The van der Waals surface area contributed by atoms with Crippen LogP contribution in [-0.4, -0.2) is 39.1 Å². The number of aromatic amines is 1. The van der Waals surface area contributed by atoms with Gasteiger partial charge in [-0.15, -0.1) is 12.4 Å². The van der Waals surface area contributed by atoms with Gasteiger partial charge in [0, 0.05) is 25.8 Å². The SMILES string of the molecule is CC(C)c1cc(-c2n[nH]c(=S)n2-c2ccc(N(C)C)cc2)c(O)cc1O.Cl. The van der Waals surface area contributed by atoms with Gasteiger partial charge in [-0.2, -0.15) is 5.10 Å². The minimum Gasteiger partial charge on any atom is -0.508 e. The Bertz CT molecular complexity index is 994. The lowest BCUT2D eigenvalue weighted by Crippen LogP contribution is -2.08. The van der Waals surface area contributed by atoms with Gasteiger partial charge in [-0.05, 0) is 54.0 Å². The molecule has 0 aliphatic carbocycles. The van der Waals surface area contributed by atoms with Crippen LogP contribution in [0.2, 0.25) is 0 Å². The summed E-state index contributed by atoms with van der Waals surface area (Å²) in [6.07, 6.45) is 0. The van der Waals surface area contributed by atoms with E-state index in [1.807, 2.05) is 57.1 Å². The summed E-state index contributed by atoms with van der Waals surface area (Å²) < 4.78 is 2.20. The number of aromatic hydroxyl groups is 2. The van der Waals surface area contributed by atoms with Crippen LogP contribution >= 0.6 is 24.6 Å². The van der Waals surface area contributed by atoms with Gasteiger partial charge < -0.3 is 15.1 Å². The number of benzene rings is 2. The topological polar surface area (TPSA) is 77.3 Å². The Balaban J connectivity index is 0.00000261. The smallest absolute Gasteiger partial charge is 0.200 e. The van der Waals surface area contributed by atoms with Crippen LogP contribution in [0.5, 0.6) is 11.5 Å². The molecule has 0 saturated carbocycles. The zero-order valence-corrected chi connectivity index (χ0v) is 17.2. The van der Waals surface area contributed by atoms with Crippen LogP contribution in [0.4, 0.5) is 5.69 Å². The highest BCUT2D eigenvalue weighted by Gasteiger charge is 2.18. The van der Waals surface area contributed by atoms with Crippen molar-refractivity contribution in [3.05, 3.63) is 46.7 Å². The minimum absolute atomic E-state index is 0. The normalized spacial score (nSPS) is 10.7. The zero-order valence-electron chi connectivity index (χ0n) is 15.6. The number of halogens is 1. The third kappa shape index (κ3) is 3.94. The second kappa shape index (κ2) is 8.02. The van der Waals surface area contributed by atoms with Gasteiger partial charge in [0.05, 0.1) is 11.3 Å². The lowest BCUT2D eigenvalue weighted by molar-refractivity contribution is 0.444. The Morgan fingerprint density at radius 3 is 2.26 bits per heavy atom. The first-order valence-electron chi connectivity index (χ1n) is 8.31. The van der Waals surface area contributed by atoms with E-state index in [4.69, 9.17) is 12.2 Å². The Labute approximate surface area is 169 Å². The van der Waals surface area contributed by atoms with Gasteiger partial charge in [0.15, 0.2) is 10.6 Å². The molecule has 8 heteroatoms. The minimum atomic E-state index is -0.0490. The summed E-state index contributed by atoms with van der Waals surface area (Å²) in [7, 11) is 3.96. The number of nitrogens with zero attached hydrogens (tertiary/aromatic N) is 3. The number of hydrogen-bond acceptors (Lipinski definition) is 5. The summed E-state index contributed by atoms with van der Waals surface area (Å²) in [4.78, 5) is 2.01. The van der Waals surface area contributed by atoms with Crippen LogP contribution < -0.4 is 4.90 Å². The maximum Gasteiger partial charge on any atom is 0.200 e.